The molecule has 0 radical (unpaired) electrons. The van der Waals surface area contributed by atoms with Crippen LogP contribution in [0.3, 0.4) is 0 Å². The van der Waals surface area contributed by atoms with Gasteiger partial charge in [-0.2, -0.15) is 5.26 Å². The first-order valence-electron chi connectivity index (χ1n) is 1.80. The van der Waals surface area contributed by atoms with E-state index < -0.39 is 17.0 Å². The smallest absolute Gasteiger partial charge is 0.290 e. The fourth-order valence-corrected chi connectivity index (χ4v) is 0.142. The quantitative estimate of drug-likeness (QED) is 0.215. The van der Waals surface area contributed by atoms with Gasteiger partial charge in [0.2, 0.25) is 0 Å². The van der Waals surface area contributed by atoms with E-state index in [2.05, 4.69) is 9.73 Å². The zero-order valence-corrected chi connectivity index (χ0v) is 4.34. The molecule has 0 aromatic heterocycles. The van der Waals surface area contributed by atoms with Crippen molar-refractivity contribution in [3.63, 3.8) is 0 Å². The van der Waals surface area contributed by atoms with E-state index in [1.807, 2.05) is 0 Å². The lowest BCUT2D eigenvalue weighted by Gasteiger charge is -1.90. The van der Waals surface area contributed by atoms with Crippen LogP contribution in [-0.2, 0) is 19.3 Å². The Morgan fingerprint density at radius 1 is 1.40 bits per heavy atom. The molecular formula is C2HNO7. The minimum Gasteiger partial charge on any atom is -0.290 e. The largest absolute Gasteiger partial charge is 0.436 e. The van der Waals surface area contributed by atoms with Gasteiger partial charge in [0.25, 0.3) is 0 Å². The molecule has 0 bridgehead atoms. The minimum atomic E-state index is -1.90. The Kier molecular flexibility index (Phi) is 2.78. The third-order valence-corrected chi connectivity index (χ3v) is 0.407. The number of carbonyl (C=O) groups excluding carboxylic acids is 2. The van der Waals surface area contributed by atoms with Gasteiger partial charge in [-0.05, 0) is 0 Å². The maximum atomic E-state index is 9.89. The average Bonchev–Trinajstić information content (AvgIpc) is 1.85. The minimum absolute atomic E-state index is 1.50. The lowest BCUT2D eigenvalue weighted by molar-refractivity contribution is -0.728. The standard InChI is InChI=1S/C2HNO7/c4-1(2(5)10-8)9-3(6)7/h8H. The summed E-state index contributed by atoms with van der Waals surface area (Å²) >= 11 is 0. The van der Waals surface area contributed by atoms with E-state index in [1.165, 1.54) is 0 Å². The van der Waals surface area contributed by atoms with Crippen molar-refractivity contribution in [3.8, 4) is 0 Å². The molecular weight excluding hydrogens is 150 g/mol. The predicted molar refractivity (Wildman–Crippen MR) is 21.8 cm³/mol. The molecule has 0 spiro atoms. The lowest BCUT2D eigenvalue weighted by Crippen LogP contribution is -2.21. The molecule has 0 atom stereocenters. The first-order chi connectivity index (χ1) is 4.57. The Labute approximate surface area is 53.0 Å². The van der Waals surface area contributed by atoms with Crippen LogP contribution in [0, 0.1) is 10.1 Å². The number of rotatable bonds is 1. The summed E-state index contributed by atoms with van der Waals surface area (Å²) in [6, 6.07) is 0. The van der Waals surface area contributed by atoms with E-state index in [1.54, 1.807) is 0 Å². The van der Waals surface area contributed by atoms with Gasteiger partial charge in [0.05, 0.1) is 0 Å². The second kappa shape index (κ2) is 3.35. The van der Waals surface area contributed by atoms with E-state index in [9.17, 15) is 19.7 Å². The second-order valence-corrected chi connectivity index (χ2v) is 0.981. The molecule has 0 amide bonds. The third-order valence-electron chi connectivity index (χ3n) is 0.407. The summed E-state index contributed by atoms with van der Waals surface area (Å²) in [5.74, 6) is -3.75. The zero-order chi connectivity index (χ0) is 8.15. The van der Waals surface area contributed by atoms with Gasteiger partial charge in [0.1, 0.15) is 0 Å². The Hall–Kier alpha value is -1.70. The molecule has 0 saturated heterocycles. The van der Waals surface area contributed by atoms with Crippen molar-refractivity contribution < 1.29 is 29.7 Å². The van der Waals surface area contributed by atoms with Gasteiger partial charge in [-0.1, -0.05) is 0 Å². The predicted octanol–water partition coefficient (Wildman–Crippen LogP) is -1.26. The maximum Gasteiger partial charge on any atom is 0.436 e. The molecule has 8 heteroatoms. The van der Waals surface area contributed by atoms with Gasteiger partial charge in [0.15, 0.2) is 0 Å². The topological polar surface area (TPSA) is 116 Å². The molecule has 0 aliphatic heterocycles. The Bertz CT molecular complexity index is 172. The molecule has 56 valence electrons. The third kappa shape index (κ3) is 2.57. The summed E-state index contributed by atoms with van der Waals surface area (Å²) < 4.78 is 0. The monoisotopic (exact) mass is 151 g/mol. The van der Waals surface area contributed by atoms with Crippen molar-refractivity contribution >= 4 is 11.9 Å². The Balaban J connectivity index is 3.86. The molecule has 0 aromatic rings. The van der Waals surface area contributed by atoms with Gasteiger partial charge in [-0.15, -0.1) is 10.1 Å². The van der Waals surface area contributed by atoms with Gasteiger partial charge in [0, 0.05) is 0 Å². The summed E-state index contributed by atoms with van der Waals surface area (Å²) in [6.07, 6.45) is 0. The highest BCUT2D eigenvalue weighted by Crippen LogP contribution is 1.80. The zero-order valence-electron chi connectivity index (χ0n) is 4.34. The van der Waals surface area contributed by atoms with Gasteiger partial charge in [-0.3, -0.25) is 9.68 Å². The van der Waals surface area contributed by atoms with Crippen LogP contribution in [0.1, 0.15) is 0 Å². The van der Waals surface area contributed by atoms with Crippen LogP contribution in [0.2, 0.25) is 0 Å². The SMILES string of the molecule is O=C(OO)C(=O)O[N+](=O)[O-]. The van der Waals surface area contributed by atoms with Crippen molar-refractivity contribution in [2.24, 2.45) is 0 Å². The summed E-state index contributed by atoms with van der Waals surface area (Å²) in [7, 11) is 0. The Morgan fingerprint density at radius 3 is 2.20 bits per heavy atom. The number of hydrogen-bond acceptors (Lipinski definition) is 7. The fourth-order valence-electron chi connectivity index (χ4n) is 0.142. The summed E-state index contributed by atoms with van der Waals surface area (Å²) in [4.78, 5) is 34.8. The molecule has 0 fully saturated rings. The highest BCUT2D eigenvalue weighted by molar-refractivity contribution is 6.29. The van der Waals surface area contributed by atoms with E-state index in [0.29, 0.717) is 0 Å². The van der Waals surface area contributed by atoms with Gasteiger partial charge >= 0.3 is 17.0 Å². The maximum absolute atomic E-state index is 9.89. The summed E-state index contributed by atoms with van der Waals surface area (Å²) in [5.41, 5.74) is 0. The molecule has 0 aliphatic carbocycles. The first-order valence-corrected chi connectivity index (χ1v) is 1.80. The molecule has 0 aliphatic rings. The molecule has 0 saturated carbocycles. The van der Waals surface area contributed by atoms with Gasteiger partial charge < -0.3 is 0 Å². The van der Waals surface area contributed by atoms with Crippen molar-refractivity contribution in [3.05, 3.63) is 10.1 Å². The number of carbonyl (C=O) groups is 2. The van der Waals surface area contributed by atoms with E-state index >= 15 is 0 Å². The van der Waals surface area contributed by atoms with Crippen molar-refractivity contribution in [1.29, 1.82) is 0 Å². The molecule has 0 heterocycles. The Morgan fingerprint density at radius 2 is 1.90 bits per heavy atom. The summed E-state index contributed by atoms with van der Waals surface area (Å²) in [5, 5.41) is 15.2. The van der Waals surface area contributed by atoms with Gasteiger partial charge in [-0.25, -0.2) is 9.63 Å². The highest BCUT2D eigenvalue weighted by Gasteiger charge is 2.19. The average molecular weight is 151 g/mol. The molecule has 0 unspecified atom stereocenters. The van der Waals surface area contributed by atoms with Crippen molar-refractivity contribution in [2.75, 3.05) is 0 Å². The number of nitrogens with zero attached hydrogens (tertiary/aromatic N) is 1. The number of hydrogen-bond donors (Lipinski definition) is 1. The molecule has 0 aromatic carbocycles. The van der Waals surface area contributed by atoms with Crippen molar-refractivity contribution in [2.45, 2.75) is 0 Å². The fraction of sp³-hybridized carbons (Fsp3) is 0. The van der Waals surface area contributed by atoms with Crippen LogP contribution >= 0.6 is 0 Å². The van der Waals surface area contributed by atoms with E-state index in [4.69, 9.17) is 5.26 Å². The van der Waals surface area contributed by atoms with Crippen LogP contribution < -0.4 is 0 Å². The van der Waals surface area contributed by atoms with Crippen LogP contribution in [-0.4, -0.2) is 22.3 Å². The second-order valence-electron chi connectivity index (χ2n) is 0.981. The first kappa shape index (κ1) is 8.30. The highest BCUT2D eigenvalue weighted by atomic mass is 17.1. The molecule has 1 N–H and O–H groups in total. The van der Waals surface area contributed by atoms with E-state index in [-0.39, 0.29) is 0 Å². The van der Waals surface area contributed by atoms with Crippen LogP contribution in [0.25, 0.3) is 0 Å². The normalized spacial score (nSPS) is 8.10. The van der Waals surface area contributed by atoms with Crippen LogP contribution in [0.15, 0.2) is 0 Å². The molecule has 10 heavy (non-hydrogen) atoms. The molecule has 8 nitrogen and oxygen atoms in total. The van der Waals surface area contributed by atoms with Crippen LogP contribution in [0.4, 0.5) is 0 Å². The van der Waals surface area contributed by atoms with E-state index in [0.717, 1.165) is 0 Å². The molecule has 0 rings (SSSR count). The van der Waals surface area contributed by atoms with Crippen molar-refractivity contribution in [1.82, 2.24) is 0 Å². The summed E-state index contributed by atoms with van der Waals surface area (Å²) in [6.45, 7) is 0. The lowest BCUT2D eigenvalue weighted by atomic mass is 10.7. The van der Waals surface area contributed by atoms with Crippen LogP contribution in [0.5, 0.6) is 0 Å².